The summed E-state index contributed by atoms with van der Waals surface area (Å²) in [5.74, 6) is -0.879. The van der Waals surface area contributed by atoms with Gasteiger partial charge in [-0.2, -0.15) is 0 Å². The zero-order valence-corrected chi connectivity index (χ0v) is 11.0. The second-order valence-electron chi connectivity index (χ2n) is 4.87. The average molecular weight is 263 g/mol. The van der Waals surface area contributed by atoms with Gasteiger partial charge in [-0.3, -0.25) is 4.79 Å². The van der Waals surface area contributed by atoms with Crippen molar-refractivity contribution >= 4 is 11.9 Å². The van der Waals surface area contributed by atoms with Crippen LogP contribution < -0.4 is 10.1 Å². The van der Waals surface area contributed by atoms with Gasteiger partial charge in [0, 0.05) is 0 Å². The molecule has 1 aliphatic rings. The summed E-state index contributed by atoms with van der Waals surface area (Å²) in [6, 6.07) is 7.18. The first-order valence-corrected chi connectivity index (χ1v) is 6.18. The fourth-order valence-electron chi connectivity index (χ4n) is 1.91. The van der Waals surface area contributed by atoms with Gasteiger partial charge in [0.2, 0.25) is 5.91 Å². The number of carboxylic acids is 1. The lowest BCUT2D eigenvalue weighted by Crippen LogP contribution is -2.44. The fraction of sp³-hybridized carbons (Fsp3) is 0.429. The first kappa shape index (κ1) is 13.4. The van der Waals surface area contributed by atoms with E-state index in [4.69, 9.17) is 9.84 Å². The molecular weight excluding hydrogens is 246 g/mol. The third kappa shape index (κ3) is 2.70. The number of hydrogen-bond donors (Lipinski definition) is 2. The minimum Gasteiger partial charge on any atom is -0.497 e. The molecule has 0 aliphatic heterocycles. The summed E-state index contributed by atoms with van der Waals surface area (Å²) in [6.07, 6.45) is 1.01. The Morgan fingerprint density at radius 2 is 1.89 bits per heavy atom. The molecule has 1 amide bonds. The van der Waals surface area contributed by atoms with Crippen LogP contribution in [0.2, 0.25) is 0 Å². The Balaban J connectivity index is 2.04. The zero-order chi connectivity index (χ0) is 14.0. The van der Waals surface area contributed by atoms with Crippen LogP contribution in [0, 0.1) is 0 Å². The molecule has 0 aromatic heterocycles. The van der Waals surface area contributed by atoms with Gasteiger partial charge in [-0.05, 0) is 37.5 Å². The lowest BCUT2D eigenvalue weighted by molar-refractivity contribution is -0.143. The van der Waals surface area contributed by atoms with Crippen LogP contribution in [-0.2, 0) is 9.59 Å². The standard InChI is InChI=1S/C14H17NO4/c1-9(10-3-5-11(19-2)6-4-10)12(16)15-14(7-8-14)13(17)18/h3-6,9H,7-8H2,1-2H3,(H,15,16)(H,17,18). The summed E-state index contributed by atoms with van der Waals surface area (Å²) in [5, 5.41) is 11.7. The SMILES string of the molecule is COc1ccc(C(C)C(=O)NC2(C(=O)O)CC2)cc1. The highest BCUT2D eigenvalue weighted by molar-refractivity contribution is 5.92. The number of aliphatic carboxylic acids is 1. The quantitative estimate of drug-likeness (QED) is 0.844. The van der Waals surface area contributed by atoms with E-state index in [0.717, 1.165) is 11.3 Å². The van der Waals surface area contributed by atoms with Crippen molar-refractivity contribution < 1.29 is 19.4 Å². The highest BCUT2D eigenvalue weighted by Crippen LogP contribution is 2.36. The monoisotopic (exact) mass is 263 g/mol. The molecule has 0 radical (unpaired) electrons. The molecule has 2 rings (SSSR count). The number of rotatable bonds is 5. The highest BCUT2D eigenvalue weighted by Gasteiger charge is 2.52. The lowest BCUT2D eigenvalue weighted by atomic mass is 9.99. The van der Waals surface area contributed by atoms with Crippen LogP contribution in [0.4, 0.5) is 0 Å². The Hall–Kier alpha value is -2.04. The second-order valence-corrected chi connectivity index (χ2v) is 4.87. The zero-order valence-electron chi connectivity index (χ0n) is 11.0. The van der Waals surface area contributed by atoms with E-state index in [2.05, 4.69) is 5.32 Å². The van der Waals surface area contributed by atoms with E-state index in [-0.39, 0.29) is 11.8 Å². The van der Waals surface area contributed by atoms with E-state index in [9.17, 15) is 9.59 Å². The molecule has 0 spiro atoms. The van der Waals surface area contributed by atoms with Crippen molar-refractivity contribution in [3.05, 3.63) is 29.8 Å². The minimum atomic E-state index is -1.03. The Morgan fingerprint density at radius 1 is 1.32 bits per heavy atom. The summed E-state index contributed by atoms with van der Waals surface area (Å²) >= 11 is 0. The fourth-order valence-corrected chi connectivity index (χ4v) is 1.91. The summed E-state index contributed by atoms with van der Waals surface area (Å²) in [6.45, 7) is 1.76. The van der Waals surface area contributed by atoms with Crippen molar-refractivity contribution in [1.29, 1.82) is 0 Å². The maximum Gasteiger partial charge on any atom is 0.329 e. The highest BCUT2D eigenvalue weighted by atomic mass is 16.5. The molecule has 5 heteroatoms. The Kier molecular flexibility index (Phi) is 3.46. The first-order chi connectivity index (χ1) is 8.98. The van der Waals surface area contributed by atoms with E-state index < -0.39 is 11.5 Å². The maximum absolute atomic E-state index is 12.1. The topological polar surface area (TPSA) is 75.6 Å². The molecule has 1 atom stereocenters. The molecule has 1 saturated carbocycles. The summed E-state index contributed by atoms with van der Waals surface area (Å²) < 4.78 is 5.05. The molecule has 5 nitrogen and oxygen atoms in total. The Morgan fingerprint density at radius 3 is 2.32 bits per heavy atom. The molecule has 102 valence electrons. The van der Waals surface area contributed by atoms with Crippen LogP contribution in [0.1, 0.15) is 31.2 Å². The van der Waals surface area contributed by atoms with E-state index in [0.29, 0.717) is 12.8 Å². The molecule has 0 bridgehead atoms. The van der Waals surface area contributed by atoms with Crippen LogP contribution in [0.15, 0.2) is 24.3 Å². The van der Waals surface area contributed by atoms with Gasteiger partial charge >= 0.3 is 5.97 Å². The molecule has 1 aromatic carbocycles. The smallest absolute Gasteiger partial charge is 0.329 e. The van der Waals surface area contributed by atoms with E-state index in [1.54, 1.807) is 26.2 Å². The first-order valence-electron chi connectivity index (χ1n) is 6.18. The van der Waals surface area contributed by atoms with Crippen LogP contribution in [-0.4, -0.2) is 29.6 Å². The van der Waals surface area contributed by atoms with Crippen LogP contribution >= 0.6 is 0 Å². The minimum absolute atomic E-state index is 0.259. The number of carboxylic acid groups (broad SMARTS) is 1. The van der Waals surface area contributed by atoms with Crippen molar-refractivity contribution in [3.8, 4) is 5.75 Å². The summed E-state index contributed by atoms with van der Waals surface area (Å²) in [5.41, 5.74) is -0.197. The summed E-state index contributed by atoms with van der Waals surface area (Å²) in [4.78, 5) is 23.1. The van der Waals surface area contributed by atoms with Crippen molar-refractivity contribution in [3.63, 3.8) is 0 Å². The van der Waals surface area contributed by atoms with Gasteiger partial charge in [0.15, 0.2) is 0 Å². The molecule has 2 N–H and O–H groups in total. The van der Waals surface area contributed by atoms with Gasteiger partial charge in [-0.1, -0.05) is 12.1 Å². The number of carbonyl (C=O) groups is 2. The molecule has 0 saturated heterocycles. The molecule has 1 aliphatic carbocycles. The Bertz CT molecular complexity index is 491. The van der Waals surface area contributed by atoms with E-state index in [1.807, 2.05) is 12.1 Å². The van der Waals surface area contributed by atoms with Crippen molar-refractivity contribution in [2.24, 2.45) is 0 Å². The Labute approximate surface area is 111 Å². The number of benzene rings is 1. The van der Waals surface area contributed by atoms with Gasteiger partial charge in [0.05, 0.1) is 13.0 Å². The molecule has 1 unspecified atom stereocenters. The predicted octanol–water partition coefficient (Wildman–Crippen LogP) is 1.53. The normalized spacial score (nSPS) is 17.4. The van der Waals surface area contributed by atoms with Crippen molar-refractivity contribution in [1.82, 2.24) is 5.32 Å². The number of amides is 1. The van der Waals surface area contributed by atoms with Crippen molar-refractivity contribution in [2.75, 3.05) is 7.11 Å². The average Bonchev–Trinajstić information content (AvgIpc) is 3.19. The van der Waals surface area contributed by atoms with Gasteiger partial charge in [0.1, 0.15) is 11.3 Å². The van der Waals surface area contributed by atoms with Crippen LogP contribution in [0.3, 0.4) is 0 Å². The van der Waals surface area contributed by atoms with Gasteiger partial charge in [-0.25, -0.2) is 4.79 Å². The largest absolute Gasteiger partial charge is 0.497 e. The maximum atomic E-state index is 12.1. The number of methoxy groups -OCH3 is 1. The van der Waals surface area contributed by atoms with E-state index >= 15 is 0 Å². The van der Waals surface area contributed by atoms with Gasteiger partial charge in [0.25, 0.3) is 0 Å². The molecule has 0 heterocycles. The molecule has 1 fully saturated rings. The lowest BCUT2D eigenvalue weighted by Gasteiger charge is -2.17. The summed E-state index contributed by atoms with van der Waals surface area (Å²) in [7, 11) is 1.58. The number of nitrogens with one attached hydrogen (secondary N) is 1. The molecule has 1 aromatic rings. The predicted molar refractivity (Wildman–Crippen MR) is 69.2 cm³/mol. The van der Waals surface area contributed by atoms with Crippen molar-refractivity contribution in [2.45, 2.75) is 31.2 Å². The third-order valence-corrected chi connectivity index (χ3v) is 3.53. The number of carbonyl (C=O) groups excluding carboxylic acids is 1. The number of ether oxygens (including phenoxy) is 1. The van der Waals surface area contributed by atoms with E-state index in [1.165, 1.54) is 0 Å². The number of hydrogen-bond acceptors (Lipinski definition) is 3. The second kappa shape index (κ2) is 4.91. The van der Waals surface area contributed by atoms with Gasteiger partial charge in [-0.15, -0.1) is 0 Å². The van der Waals surface area contributed by atoms with Crippen LogP contribution in [0.25, 0.3) is 0 Å². The third-order valence-electron chi connectivity index (χ3n) is 3.53. The van der Waals surface area contributed by atoms with Crippen LogP contribution in [0.5, 0.6) is 5.75 Å². The molecular formula is C14H17NO4. The molecule has 19 heavy (non-hydrogen) atoms. The van der Waals surface area contributed by atoms with Gasteiger partial charge < -0.3 is 15.2 Å².